The van der Waals surface area contributed by atoms with Crippen molar-refractivity contribution in [3.8, 4) is 0 Å². The van der Waals surface area contributed by atoms with E-state index in [1.54, 1.807) is 0 Å². The van der Waals surface area contributed by atoms with Gasteiger partial charge < -0.3 is 28.5 Å². The molecule has 0 bridgehead atoms. The van der Waals surface area contributed by atoms with E-state index in [-0.39, 0.29) is 38.2 Å². The van der Waals surface area contributed by atoms with Gasteiger partial charge in [0.05, 0.1) is 34.4 Å². The number of unbranched alkanes of at least 4 members (excludes halogenated alkanes) is 47. The Balaban J connectivity index is 3.99. The van der Waals surface area contributed by atoms with Crippen molar-refractivity contribution in [2.45, 2.75) is 379 Å². The molecule has 0 aliphatic carbocycles. The molecule has 2 atom stereocenters. The quantitative estimate of drug-likeness (QED) is 0.0211. The maximum absolute atomic E-state index is 13.0. The topological polar surface area (TPSA) is 108 Å². The number of rotatable bonds is 70. The highest BCUT2D eigenvalue weighted by molar-refractivity contribution is 5.71. The van der Waals surface area contributed by atoms with Crippen LogP contribution in [0.3, 0.4) is 0 Å². The number of carbonyl (C=O) groups excluding carboxylic acids is 2. The first kappa shape index (κ1) is 83.2. The smallest absolute Gasteiger partial charge is 0.361 e. The summed E-state index contributed by atoms with van der Waals surface area (Å²) in [5.74, 6) is -1.97. The predicted octanol–water partition coefficient (Wildman–Crippen LogP) is 23.3. The largest absolute Gasteiger partial charge is 0.477 e. The minimum atomic E-state index is -1.51. The number of esters is 2. The van der Waals surface area contributed by atoms with E-state index in [1.165, 1.54) is 276 Å². The van der Waals surface area contributed by atoms with Gasteiger partial charge in [-0.2, -0.15) is 0 Å². The van der Waals surface area contributed by atoms with Gasteiger partial charge in [-0.1, -0.05) is 351 Å². The molecule has 0 radical (unpaired) electrons. The van der Waals surface area contributed by atoms with Crippen LogP contribution >= 0.6 is 0 Å². The molecule has 0 saturated carbocycles. The zero-order chi connectivity index (χ0) is 62.6. The van der Waals surface area contributed by atoms with Crippen molar-refractivity contribution in [3.63, 3.8) is 0 Å². The first-order valence-electron chi connectivity index (χ1n) is 37.3. The fraction of sp³-hybridized carbons (Fsp3) is 0.857. The summed E-state index contributed by atoms with van der Waals surface area (Å²) in [5, 5.41) is 9.76. The lowest BCUT2D eigenvalue weighted by Gasteiger charge is -2.25. The molecule has 0 rings (SSSR count). The van der Waals surface area contributed by atoms with Crippen molar-refractivity contribution in [2.75, 3.05) is 47.5 Å². The molecule has 86 heavy (non-hydrogen) atoms. The van der Waals surface area contributed by atoms with Crippen LogP contribution in [0.1, 0.15) is 367 Å². The van der Waals surface area contributed by atoms with Crippen LogP contribution in [0.4, 0.5) is 0 Å². The number of quaternary nitrogens is 1. The number of allylic oxidation sites excluding steroid dienone is 8. The third-order valence-corrected chi connectivity index (χ3v) is 16.8. The van der Waals surface area contributed by atoms with Crippen molar-refractivity contribution < 1.29 is 42.9 Å². The molecular weight excluding hydrogens is 1070 g/mol. The number of nitrogens with zero attached hydrogens (tertiary/aromatic N) is 1. The second-order valence-electron chi connectivity index (χ2n) is 26.6. The fourth-order valence-corrected chi connectivity index (χ4v) is 11.2. The average Bonchev–Trinajstić information content (AvgIpc) is 3.64. The molecule has 2 unspecified atom stereocenters. The maximum atomic E-state index is 13.0. The molecule has 0 aromatic rings. The first-order chi connectivity index (χ1) is 42.1. The predicted molar refractivity (Wildman–Crippen MR) is 369 cm³/mol. The van der Waals surface area contributed by atoms with Gasteiger partial charge in [-0.25, -0.2) is 4.79 Å². The Kier molecular flexibility index (Phi) is 66.0. The Morgan fingerprint density at radius 2 is 0.663 bits per heavy atom. The Morgan fingerprint density at radius 3 is 0.988 bits per heavy atom. The van der Waals surface area contributed by atoms with Crippen LogP contribution in [0.15, 0.2) is 48.6 Å². The molecule has 9 heteroatoms. The molecule has 0 aromatic carbocycles. The van der Waals surface area contributed by atoms with E-state index in [1.807, 2.05) is 21.1 Å². The molecule has 0 heterocycles. The number of likely N-dealkylation sites (N-methyl/N-ethyl adjacent to an activating group) is 1. The highest BCUT2D eigenvalue weighted by Gasteiger charge is 2.25. The van der Waals surface area contributed by atoms with Crippen LogP contribution in [-0.4, -0.2) is 87.4 Å². The zero-order valence-corrected chi connectivity index (χ0v) is 57.7. The van der Waals surface area contributed by atoms with Gasteiger partial charge in [0.1, 0.15) is 13.2 Å². The molecule has 0 amide bonds. The van der Waals surface area contributed by atoms with Gasteiger partial charge in [0.25, 0.3) is 6.29 Å². The van der Waals surface area contributed by atoms with E-state index in [0.29, 0.717) is 17.4 Å². The molecule has 504 valence electrons. The van der Waals surface area contributed by atoms with Gasteiger partial charge in [-0.15, -0.1) is 0 Å². The standard InChI is InChI=1S/C77H143NO8/c1-6-8-10-12-14-16-18-20-22-24-26-28-30-32-33-34-35-36-37-38-39-40-41-42-43-44-46-48-50-52-54-56-58-60-62-64-66-68-75(80)86-73(72-85-77(76(81)82)83-70-69-78(3,4)5)71-84-74(79)67-65-63-61-59-57-55-53-51-49-47-45-31-29-27-25-23-21-19-17-15-13-11-9-7-2/h8,10,14,16,20,22,26,28,73,77H,6-7,9,11-13,15,17-19,21,23-25,27,29-72H2,1-5H3/p+1/b10-8-,16-14-,22-20-,28-26-. The lowest BCUT2D eigenvalue weighted by molar-refractivity contribution is -0.870. The van der Waals surface area contributed by atoms with Crippen molar-refractivity contribution in [2.24, 2.45) is 0 Å². The van der Waals surface area contributed by atoms with E-state index >= 15 is 0 Å². The number of carboxylic acids is 1. The first-order valence-corrected chi connectivity index (χ1v) is 37.3. The van der Waals surface area contributed by atoms with Gasteiger partial charge in [0.15, 0.2) is 6.10 Å². The highest BCUT2D eigenvalue weighted by atomic mass is 16.7. The fourth-order valence-electron chi connectivity index (χ4n) is 11.2. The average molecular weight is 1210 g/mol. The summed E-state index contributed by atoms with van der Waals surface area (Å²) < 4.78 is 23.0. The van der Waals surface area contributed by atoms with Gasteiger partial charge in [0, 0.05) is 12.8 Å². The van der Waals surface area contributed by atoms with Gasteiger partial charge in [-0.3, -0.25) is 9.59 Å². The minimum Gasteiger partial charge on any atom is -0.477 e. The van der Waals surface area contributed by atoms with Crippen molar-refractivity contribution in [3.05, 3.63) is 48.6 Å². The lowest BCUT2D eigenvalue weighted by atomic mass is 10.0. The monoisotopic (exact) mass is 1210 g/mol. The summed E-state index contributed by atoms with van der Waals surface area (Å²) in [6, 6.07) is 0. The summed E-state index contributed by atoms with van der Waals surface area (Å²) >= 11 is 0. The number of aliphatic carboxylic acids is 1. The third-order valence-electron chi connectivity index (χ3n) is 16.8. The molecule has 0 spiro atoms. The van der Waals surface area contributed by atoms with Crippen LogP contribution in [0.5, 0.6) is 0 Å². The Hall–Kier alpha value is -2.75. The summed E-state index contributed by atoms with van der Waals surface area (Å²) in [6.45, 7) is 4.84. The Labute approximate surface area is 533 Å². The normalized spacial score (nSPS) is 12.9. The van der Waals surface area contributed by atoms with E-state index in [9.17, 15) is 19.5 Å². The second-order valence-corrected chi connectivity index (χ2v) is 26.6. The van der Waals surface area contributed by atoms with E-state index < -0.39 is 18.4 Å². The van der Waals surface area contributed by atoms with Crippen LogP contribution in [0, 0.1) is 0 Å². The number of carbonyl (C=O) groups is 3. The molecule has 0 fully saturated rings. The Bertz CT molecular complexity index is 1550. The maximum Gasteiger partial charge on any atom is 0.361 e. The van der Waals surface area contributed by atoms with Crippen molar-refractivity contribution in [1.29, 1.82) is 0 Å². The van der Waals surface area contributed by atoms with E-state index in [2.05, 4.69) is 62.5 Å². The van der Waals surface area contributed by atoms with Crippen LogP contribution < -0.4 is 0 Å². The number of hydrogen-bond donors (Lipinski definition) is 1. The molecule has 0 saturated heterocycles. The lowest BCUT2D eigenvalue weighted by Crippen LogP contribution is -2.40. The number of hydrogen-bond acceptors (Lipinski definition) is 7. The summed E-state index contributed by atoms with van der Waals surface area (Å²) in [6.07, 6.45) is 85.4. The highest BCUT2D eigenvalue weighted by Crippen LogP contribution is 2.19. The molecule has 0 aliphatic rings. The van der Waals surface area contributed by atoms with Crippen molar-refractivity contribution >= 4 is 17.9 Å². The molecule has 9 nitrogen and oxygen atoms in total. The van der Waals surface area contributed by atoms with Crippen LogP contribution in [0.25, 0.3) is 0 Å². The minimum absolute atomic E-state index is 0.175. The zero-order valence-electron chi connectivity index (χ0n) is 57.7. The number of ether oxygens (including phenoxy) is 4. The van der Waals surface area contributed by atoms with Crippen LogP contribution in [-0.2, 0) is 33.3 Å². The van der Waals surface area contributed by atoms with E-state index in [0.717, 1.165) is 64.2 Å². The SMILES string of the molecule is CC/C=C\C/C=C\C/C=C\C/C=C\CCCCCCCCCCCCCCCCCCCCCCCCCCC(=O)OC(COC(=O)CCCCCCCCCCCCCCCCCCCCCCCCCC)COC(OCC[N+](C)(C)C)C(=O)O. The van der Waals surface area contributed by atoms with E-state index in [4.69, 9.17) is 18.9 Å². The second kappa shape index (κ2) is 68.2. The summed E-state index contributed by atoms with van der Waals surface area (Å²) in [7, 11) is 5.99. The van der Waals surface area contributed by atoms with Crippen LogP contribution in [0.2, 0.25) is 0 Å². The molecule has 1 N–H and O–H groups in total. The van der Waals surface area contributed by atoms with Crippen molar-refractivity contribution in [1.82, 2.24) is 0 Å². The van der Waals surface area contributed by atoms with Gasteiger partial charge >= 0.3 is 17.9 Å². The summed E-state index contributed by atoms with van der Waals surface area (Å²) in [5.41, 5.74) is 0. The molecule has 0 aromatic heterocycles. The molecule has 0 aliphatic heterocycles. The van der Waals surface area contributed by atoms with Gasteiger partial charge in [-0.05, 0) is 51.4 Å². The third kappa shape index (κ3) is 68.7. The van der Waals surface area contributed by atoms with Gasteiger partial charge in [0.2, 0.25) is 0 Å². The Morgan fingerprint density at radius 1 is 0.360 bits per heavy atom. The number of carboxylic acid groups (broad SMARTS) is 1. The summed E-state index contributed by atoms with van der Waals surface area (Å²) in [4.78, 5) is 37.7. The molecular formula is C77H144NO8+.